The van der Waals surface area contributed by atoms with Crippen LogP contribution < -0.4 is 0 Å². The monoisotopic (exact) mass is 223 g/mol. The van der Waals surface area contributed by atoms with Crippen LogP contribution in [0.1, 0.15) is 19.4 Å². The molecule has 3 nitrogen and oxygen atoms in total. The van der Waals surface area contributed by atoms with Gasteiger partial charge in [-0.1, -0.05) is 11.6 Å². The van der Waals surface area contributed by atoms with Gasteiger partial charge in [0.15, 0.2) is 5.60 Å². The highest BCUT2D eigenvalue weighted by molar-refractivity contribution is 6.30. The number of rotatable bonds is 1. The Balaban J connectivity index is 2.31. The van der Waals surface area contributed by atoms with Crippen molar-refractivity contribution < 1.29 is 9.53 Å². The van der Waals surface area contributed by atoms with Crippen LogP contribution >= 0.6 is 11.6 Å². The summed E-state index contributed by atoms with van der Waals surface area (Å²) < 4.78 is 5.44. The molecule has 0 unspecified atom stereocenters. The van der Waals surface area contributed by atoms with Gasteiger partial charge in [-0.05, 0) is 38.1 Å². The fourth-order valence-electron chi connectivity index (χ4n) is 1.25. The van der Waals surface area contributed by atoms with Gasteiger partial charge < -0.3 is 4.74 Å². The molecule has 0 spiro atoms. The smallest absolute Gasteiger partial charge is 0.292 e. The summed E-state index contributed by atoms with van der Waals surface area (Å²) in [5, 5.41) is 0.642. The summed E-state index contributed by atoms with van der Waals surface area (Å²) in [4.78, 5) is 15.3. The van der Waals surface area contributed by atoms with Crippen molar-refractivity contribution in [3.05, 3.63) is 34.9 Å². The third-order valence-electron chi connectivity index (χ3n) is 2.16. The van der Waals surface area contributed by atoms with Crippen LogP contribution in [0.4, 0.5) is 0 Å². The second-order valence-electron chi connectivity index (χ2n) is 3.84. The number of hydrogen-bond donors (Lipinski definition) is 0. The molecular weight excluding hydrogens is 214 g/mol. The second-order valence-corrected chi connectivity index (χ2v) is 4.28. The molecule has 2 rings (SSSR count). The van der Waals surface area contributed by atoms with Crippen molar-refractivity contribution in [1.29, 1.82) is 0 Å². The first-order chi connectivity index (χ1) is 6.99. The minimum absolute atomic E-state index is 0.257. The molecule has 0 atom stereocenters. The zero-order chi connectivity index (χ0) is 11.1. The van der Waals surface area contributed by atoms with E-state index >= 15 is 0 Å². The first-order valence-electron chi connectivity index (χ1n) is 4.57. The van der Waals surface area contributed by atoms with Crippen molar-refractivity contribution in [1.82, 2.24) is 0 Å². The van der Waals surface area contributed by atoms with Crippen molar-refractivity contribution in [3.8, 4) is 0 Å². The van der Waals surface area contributed by atoms with Gasteiger partial charge in [-0.25, -0.2) is 0 Å². The van der Waals surface area contributed by atoms with Gasteiger partial charge in [0, 0.05) is 10.6 Å². The van der Waals surface area contributed by atoms with Gasteiger partial charge in [0.2, 0.25) is 5.90 Å². The highest BCUT2D eigenvalue weighted by Crippen LogP contribution is 2.23. The quantitative estimate of drug-likeness (QED) is 0.734. The van der Waals surface area contributed by atoms with Crippen LogP contribution in [0.15, 0.2) is 29.3 Å². The van der Waals surface area contributed by atoms with E-state index in [4.69, 9.17) is 16.3 Å². The summed E-state index contributed by atoms with van der Waals surface area (Å²) in [6.07, 6.45) is 0. The van der Waals surface area contributed by atoms with Crippen LogP contribution in [0.5, 0.6) is 0 Å². The highest BCUT2D eigenvalue weighted by Gasteiger charge is 2.37. The van der Waals surface area contributed by atoms with Crippen LogP contribution in [0, 0.1) is 0 Å². The standard InChI is InChI=1S/C11H10ClNO2/c1-11(2)10(14)13-9(15-11)7-3-5-8(12)6-4-7/h3-6H,1-2H3. The molecular formula is C11H10ClNO2. The van der Waals surface area contributed by atoms with Gasteiger partial charge in [-0.3, -0.25) is 4.79 Å². The maximum Gasteiger partial charge on any atom is 0.292 e. The molecule has 1 aliphatic rings. The molecule has 15 heavy (non-hydrogen) atoms. The third kappa shape index (κ3) is 1.88. The molecule has 1 aliphatic heterocycles. The van der Waals surface area contributed by atoms with E-state index in [2.05, 4.69) is 4.99 Å². The molecule has 1 aromatic rings. The third-order valence-corrected chi connectivity index (χ3v) is 2.41. The molecule has 0 N–H and O–H groups in total. The van der Waals surface area contributed by atoms with E-state index in [1.165, 1.54) is 0 Å². The maximum atomic E-state index is 11.4. The molecule has 0 fully saturated rings. The Morgan fingerprint density at radius 1 is 1.27 bits per heavy atom. The number of benzene rings is 1. The molecule has 0 radical (unpaired) electrons. The minimum atomic E-state index is -0.852. The zero-order valence-electron chi connectivity index (χ0n) is 8.45. The van der Waals surface area contributed by atoms with E-state index in [-0.39, 0.29) is 5.91 Å². The fraction of sp³-hybridized carbons (Fsp3) is 0.273. The van der Waals surface area contributed by atoms with Crippen LogP contribution in [0.25, 0.3) is 0 Å². The predicted molar refractivity (Wildman–Crippen MR) is 58.2 cm³/mol. The van der Waals surface area contributed by atoms with Crippen molar-refractivity contribution in [2.45, 2.75) is 19.4 Å². The Morgan fingerprint density at radius 2 is 1.87 bits per heavy atom. The average molecular weight is 224 g/mol. The summed E-state index contributed by atoms with van der Waals surface area (Å²) in [5.41, 5.74) is -0.0899. The Labute approximate surface area is 92.7 Å². The number of ether oxygens (including phenoxy) is 1. The molecule has 1 aromatic carbocycles. The SMILES string of the molecule is CC1(C)OC(c2ccc(Cl)cc2)=NC1=O. The van der Waals surface area contributed by atoms with Gasteiger partial charge >= 0.3 is 0 Å². The Kier molecular flexibility index (Phi) is 2.27. The van der Waals surface area contributed by atoms with Gasteiger partial charge in [-0.15, -0.1) is 0 Å². The number of aliphatic imine (C=N–C) groups is 1. The number of carbonyl (C=O) groups excluding carboxylic acids is 1. The van der Waals surface area contributed by atoms with Gasteiger partial charge in [0.05, 0.1) is 0 Å². The zero-order valence-corrected chi connectivity index (χ0v) is 9.21. The van der Waals surface area contributed by atoms with Crippen LogP contribution in [-0.4, -0.2) is 17.4 Å². The second kappa shape index (κ2) is 3.35. The maximum absolute atomic E-state index is 11.4. The number of hydrogen-bond acceptors (Lipinski definition) is 2. The molecule has 78 valence electrons. The molecule has 0 saturated heterocycles. The first kappa shape index (κ1) is 10.2. The average Bonchev–Trinajstić information content (AvgIpc) is 2.42. The van der Waals surface area contributed by atoms with Gasteiger partial charge in [0.1, 0.15) is 0 Å². The number of nitrogens with zero attached hydrogens (tertiary/aromatic N) is 1. The van der Waals surface area contributed by atoms with Crippen LogP contribution in [0.3, 0.4) is 0 Å². The molecule has 0 saturated carbocycles. The molecule has 4 heteroatoms. The largest absolute Gasteiger partial charge is 0.461 e. The molecule has 1 amide bonds. The fourth-order valence-corrected chi connectivity index (χ4v) is 1.38. The number of halogens is 1. The van der Waals surface area contributed by atoms with Gasteiger partial charge in [0.25, 0.3) is 5.91 Å². The molecule has 0 aliphatic carbocycles. The normalized spacial score (nSPS) is 18.6. The lowest BCUT2D eigenvalue weighted by atomic mass is 10.1. The summed E-state index contributed by atoms with van der Waals surface area (Å²) in [6, 6.07) is 7.02. The van der Waals surface area contributed by atoms with Crippen LogP contribution in [0.2, 0.25) is 5.02 Å². The first-order valence-corrected chi connectivity index (χ1v) is 4.95. The van der Waals surface area contributed by atoms with Crippen molar-refractivity contribution >= 4 is 23.4 Å². The van der Waals surface area contributed by atoms with Gasteiger partial charge in [-0.2, -0.15) is 4.99 Å². The van der Waals surface area contributed by atoms with Crippen LogP contribution in [-0.2, 0) is 9.53 Å². The highest BCUT2D eigenvalue weighted by atomic mass is 35.5. The number of amides is 1. The lowest BCUT2D eigenvalue weighted by molar-refractivity contribution is -0.128. The van der Waals surface area contributed by atoms with Crippen molar-refractivity contribution in [2.24, 2.45) is 4.99 Å². The summed E-state index contributed by atoms with van der Waals surface area (Å²) in [6.45, 7) is 3.39. The molecule has 1 heterocycles. The Hall–Kier alpha value is -1.35. The summed E-state index contributed by atoms with van der Waals surface area (Å²) in [7, 11) is 0. The Morgan fingerprint density at radius 3 is 2.33 bits per heavy atom. The van der Waals surface area contributed by atoms with E-state index in [1.807, 2.05) is 0 Å². The minimum Gasteiger partial charge on any atom is -0.461 e. The van der Waals surface area contributed by atoms with E-state index in [0.717, 1.165) is 5.56 Å². The molecule has 0 bridgehead atoms. The lowest BCUT2D eigenvalue weighted by Gasteiger charge is -2.15. The van der Waals surface area contributed by atoms with E-state index < -0.39 is 5.60 Å². The predicted octanol–water partition coefficient (Wildman–Crippen LogP) is 2.42. The number of carbonyl (C=O) groups is 1. The Bertz CT molecular complexity index is 434. The summed E-state index contributed by atoms with van der Waals surface area (Å²) >= 11 is 5.76. The topological polar surface area (TPSA) is 38.7 Å². The summed E-state index contributed by atoms with van der Waals surface area (Å²) in [5.74, 6) is 0.106. The van der Waals surface area contributed by atoms with E-state index in [0.29, 0.717) is 10.9 Å². The van der Waals surface area contributed by atoms with E-state index in [9.17, 15) is 4.79 Å². The van der Waals surface area contributed by atoms with Crippen molar-refractivity contribution in [2.75, 3.05) is 0 Å². The van der Waals surface area contributed by atoms with E-state index in [1.54, 1.807) is 38.1 Å². The van der Waals surface area contributed by atoms with Crippen molar-refractivity contribution in [3.63, 3.8) is 0 Å². The lowest BCUT2D eigenvalue weighted by Crippen LogP contribution is -2.29. The molecule has 0 aromatic heterocycles.